The van der Waals surface area contributed by atoms with Gasteiger partial charge in [0, 0.05) is 5.56 Å². The highest BCUT2D eigenvalue weighted by molar-refractivity contribution is 7.89. The van der Waals surface area contributed by atoms with Crippen LogP contribution in [-0.4, -0.2) is 49.2 Å². The molecule has 7 nitrogen and oxygen atoms in total. The Morgan fingerprint density at radius 2 is 1.86 bits per heavy atom. The quantitative estimate of drug-likeness (QED) is 0.620. The van der Waals surface area contributed by atoms with E-state index in [4.69, 9.17) is 9.47 Å². The number of aryl methyl sites for hydroxylation is 1. The van der Waals surface area contributed by atoms with Gasteiger partial charge < -0.3 is 9.47 Å². The number of nitrogens with zero attached hydrogens (tertiary/aromatic N) is 3. The predicted molar refractivity (Wildman–Crippen MR) is 108 cm³/mol. The molecule has 1 aromatic heterocycles. The van der Waals surface area contributed by atoms with Crippen LogP contribution in [0.25, 0.3) is 11.1 Å². The van der Waals surface area contributed by atoms with Gasteiger partial charge in [0.25, 0.3) is 0 Å². The monoisotopic (exact) mass is 411 g/mol. The first-order chi connectivity index (χ1) is 14.0. The van der Waals surface area contributed by atoms with E-state index in [2.05, 4.69) is 10.2 Å². The van der Waals surface area contributed by atoms with Crippen molar-refractivity contribution in [3.8, 4) is 22.6 Å². The maximum atomic E-state index is 13.2. The average Bonchev–Trinajstić information content (AvgIpc) is 2.70. The summed E-state index contributed by atoms with van der Waals surface area (Å²) in [6.07, 6.45) is 2.98. The minimum Gasteiger partial charge on any atom is -0.495 e. The molecule has 0 atom stereocenters. The first kappa shape index (κ1) is 19.4. The summed E-state index contributed by atoms with van der Waals surface area (Å²) in [7, 11) is -2.26. The van der Waals surface area contributed by atoms with E-state index in [-0.39, 0.29) is 11.0 Å². The normalized spacial score (nSPS) is 15.0. The van der Waals surface area contributed by atoms with Gasteiger partial charge in [0.2, 0.25) is 10.0 Å². The summed E-state index contributed by atoms with van der Waals surface area (Å²) in [5, 5.41) is 7.62. The zero-order chi connectivity index (χ0) is 20.4. The molecule has 1 aliphatic heterocycles. The maximum Gasteiger partial charge on any atom is 0.247 e. The summed E-state index contributed by atoms with van der Waals surface area (Å²) >= 11 is 0. The van der Waals surface area contributed by atoms with E-state index in [1.165, 1.54) is 11.4 Å². The fourth-order valence-electron chi connectivity index (χ4n) is 3.21. The highest BCUT2D eigenvalue weighted by Crippen LogP contribution is 2.34. The van der Waals surface area contributed by atoms with Crippen LogP contribution in [-0.2, 0) is 10.0 Å². The lowest BCUT2D eigenvalue weighted by molar-refractivity contribution is 0.0760. The summed E-state index contributed by atoms with van der Waals surface area (Å²) in [5.41, 5.74) is 2.61. The molecular formula is C21H21N3O4S. The standard InChI is InChI=1S/C21H21N3O4S/c1-15-4-3-5-18(10-15)28-19-13-24(14-19)29(25,26)21-11-16(6-7-20(21)27-2)17-8-9-22-23-12-17/h3-12,19H,13-14H2,1-2H3. The van der Waals surface area contributed by atoms with Gasteiger partial charge in [-0.1, -0.05) is 18.2 Å². The topological polar surface area (TPSA) is 81.6 Å². The number of rotatable bonds is 6. The molecule has 0 N–H and O–H groups in total. The van der Waals surface area contributed by atoms with Gasteiger partial charge in [-0.25, -0.2) is 8.42 Å². The van der Waals surface area contributed by atoms with E-state index in [0.717, 1.165) is 22.4 Å². The fraction of sp³-hybridized carbons (Fsp3) is 0.238. The van der Waals surface area contributed by atoms with Gasteiger partial charge in [-0.3, -0.25) is 0 Å². The van der Waals surface area contributed by atoms with Crippen molar-refractivity contribution in [2.45, 2.75) is 17.9 Å². The first-order valence-corrected chi connectivity index (χ1v) is 10.6. The van der Waals surface area contributed by atoms with Crippen LogP contribution in [0.5, 0.6) is 11.5 Å². The average molecular weight is 411 g/mol. The molecule has 29 heavy (non-hydrogen) atoms. The van der Waals surface area contributed by atoms with Gasteiger partial charge in [0.15, 0.2) is 0 Å². The van der Waals surface area contributed by atoms with Crippen molar-refractivity contribution in [1.82, 2.24) is 14.5 Å². The zero-order valence-corrected chi connectivity index (χ0v) is 17.0. The smallest absolute Gasteiger partial charge is 0.247 e. The Morgan fingerprint density at radius 1 is 1.03 bits per heavy atom. The van der Waals surface area contributed by atoms with Crippen LogP contribution >= 0.6 is 0 Å². The molecule has 0 aliphatic carbocycles. The van der Waals surface area contributed by atoms with Crippen molar-refractivity contribution in [2.24, 2.45) is 0 Å². The fourth-order valence-corrected chi connectivity index (χ4v) is 4.90. The second kappa shape index (κ2) is 7.81. The summed E-state index contributed by atoms with van der Waals surface area (Å²) < 4.78 is 39.0. The molecule has 2 aromatic carbocycles. The van der Waals surface area contributed by atoms with Gasteiger partial charge >= 0.3 is 0 Å². The Kier molecular flexibility index (Phi) is 5.21. The van der Waals surface area contributed by atoms with Crippen LogP contribution in [0.15, 0.2) is 65.8 Å². The van der Waals surface area contributed by atoms with Gasteiger partial charge in [-0.2, -0.15) is 14.5 Å². The summed E-state index contributed by atoms with van der Waals surface area (Å²) in [6, 6.07) is 14.6. The second-order valence-corrected chi connectivity index (χ2v) is 8.78. The van der Waals surface area contributed by atoms with Gasteiger partial charge in [-0.05, 0) is 48.4 Å². The summed E-state index contributed by atoms with van der Waals surface area (Å²) in [4.78, 5) is 0.128. The van der Waals surface area contributed by atoms with Crippen LogP contribution in [0, 0.1) is 6.92 Å². The molecule has 150 valence electrons. The van der Waals surface area contributed by atoms with E-state index < -0.39 is 10.0 Å². The molecule has 2 heterocycles. The lowest BCUT2D eigenvalue weighted by Crippen LogP contribution is -2.56. The van der Waals surface area contributed by atoms with Crippen molar-refractivity contribution < 1.29 is 17.9 Å². The van der Waals surface area contributed by atoms with Crippen LogP contribution in [0.4, 0.5) is 0 Å². The molecule has 1 aliphatic rings. The van der Waals surface area contributed by atoms with Crippen LogP contribution < -0.4 is 9.47 Å². The summed E-state index contributed by atoms with van der Waals surface area (Å²) in [5.74, 6) is 1.05. The molecule has 4 rings (SSSR count). The van der Waals surface area contributed by atoms with Crippen molar-refractivity contribution in [3.05, 3.63) is 66.5 Å². The van der Waals surface area contributed by atoms with Crippen LogP contribution in [0.2, 0.25) is 0 Å². The number of aromatic nitrogens is 2. The molecule has 0 spiro atoms. The molecule has 0 amide bonds. The molecule has 0 saturated carbocycles. The van der Waals surface area contributed by atoms with E-state index in [0.29, 0.717) is 18.8 Å². The van der Waals surface area contributed by atoms with E-state index in [9.17, 15) is 8.42 Å². The van der Waals surface area contributed by atoms with Crippen LogP contribution in [0.1, 0.15) is 5.56 Å². The lowest BCUT2D eigenvalue weighted by atomic mass is 10.1. The molecule has 0 bridgehead atoms. The van der Waals surface area contributed by atoms with Crippen molar-refractivity contribution >= 4 is 10.0 Å². The van der Waals surface area contributed by atoms with Crippen LogP contribution in [0.3, 0.4) is 0 Å². The Balaban J connectivity index is 1.54. The Bertz CT molecular complexity index is 1110. The Morgan fingerprint density at radius 3 is 2.55 bits per heavy atom. The van der Waals surface area contributed by atoms with Gasteiger partial charge in [-0.15, -0.1) is 0 Å². The largest absolute Gasteiger partial charge is 0.495 e. The number of hydrogen-bond donors (Lipinski definition) is 0. The minimum absolute atomic E-state index is 0.128. The predicted octanol–water partition coefficient (Wildman–Crippen LogP) is 2.91. The molecule has 0 radical (unpaired) electrons. The zero-order valence-electron chi connectivity index (χ0n) is 16.1. The molecule has 0 unspecified atom stereocenters. The third-order valence-electron chi connectivity index (χ3n) is 4.81. The Labute approximate surface area is 170 Å². The maximum absolute atomic E-state index is 13.2. The molecule has 1 fully saturated rings. The number of hydrogen-bond acceptors (Lipinski definition) is 6. The highest BCUT2D eigenvalue weighted by atomic mass is 32.2. The third kappa shape index (κ3) is 3.94. The van der Waals surface area contributed by atoms with Crippen molar-refractivity contribution in [1.29, 1.82) is 0 Å². The first-order valence-electron chi connectivity index (χ1n) is 9.16. The minimum atomic E-state index is -3.72. The number of methoxy groups -OCH3 is 1. The van der Waals surface area contributed by atoms with Gasteiger partial charge in [0.1, 0.15) is 22.5 Å². The van der Waals surface area contributed by atoms with E-state index in [1.807, 2.05) is 31.2 Å². The SMILES string of the molecule is COc1ccc(-c2ccnnc2)cc1S(=O)(=O)N1CC(Oc2cccc(C)c2)C1. The van der Waals surface area contributed by atoms with Crippen molar-refractivity contribution in [2.75, 3.05) is 20.2 Å². The molecule has 1 saturated heterocycles. The Hall–Kier alpha value is -2.97. The number of benzene rings is 2. The molecule has 3 aromatic rings. The third-order valence-corrected chi connectivity index (χ3v) is 6.66. The molecular weight excluding hydrogens is 390 g/mol. The summed E-state index contributed by atoms with van der Waals surface area (Å²) in [6.45, 7) is 2.57. The number of sulfonamides is 1. The number of ether oxygens (including phenoxy) is 2. The van der Waals surface area contributed by atoms with Crippen molar-refractivity contribution in [3.63, 3.8) is 0 Å². The lowest BCUT2D eigenvalue weighted by Gasteiger charge is -2.38. The molecule has 8 heteroatoms. The second-order valence-electron chi connectivity index (χ2n) is 6.88. The van der Waals surface area contributed by atoms with Gasteiger partial charge in [0.05, 0.1) is 32.6 Å². The van der Waals surface area contributed by atoms with E-state index in [1.54, 1.807) is 36.7 Å². The highest BCUT2D eigenvalue weighted by Gasteiger charge is 2.39. The van der Waals surface area contributed by atoms with E-state index >= 15 is 0 Å².